The molecule has 1 aliphatic heterocycles. The summed E-state index contributed by atoms with van der Waals surface area (Å²) in [5.41, 5.74) is 2.98. The average Bonchev–Trinajstić information content (AvgIpc) is 3.49. The molecule has 1 fully saturated rings. The third-order valence-electron chi connectivity index (χ3n) is 6.87. The van der Waals surface area contributed by atoms with Gasteiger partial charge in [-0.05, 0) is 73.9 Å². The van der Waals surface area contributed by atoms with Gasteiger partial charge in [0.05, 0.1) is 23.9 Å². The van der Waals surface area contributed by atoms with Gasteiger partial charge in [-0.15, -0.1) is 0 Å². The lowest BCUT2D eigenvalue weighted by molar-refractivity contribution is -0.132. The third-order valence-corrected chi connectivity index (χ3v) is 8.00. The van der Waals surface area contributed by atoms with E-state index in [0.29, 0.717) is 29.2 Å². The van der Waals surface area contributed by atoms with Crippen LogP contribution in [0.5, 0.6) is 11.5 Å². The number of esters is 1. The number of aliphatic hydroxyl groups is 1. The number of ketones is 1. The van der Waals surface area contributed by atoms with Crippen molar-refractivity contribution in [3.8, 4) is 11.5 Å². The fourth-order valence-corrected chi connectivity index (χ4v) is 5.70. The van der Waals surface area contributed by atoms with Crippen molar-refractivity contribution >= 4 is 39.9 Å². The zero-order valence-electron chi connectivity index (χ0n) is 23.2. The van der Waals surface area contributed by atoms with Crippen LogP contribution in [0, 0.1) is 13.8 Å². The van der Waals surface area contributed by atoms with E-state index in [4.69, 9.17) is 9.47 Å². The minimum absolute atomic E-state index is 0.0872. The van der Waals surface area contributed by atoms with Crippen LogP contribution in [0.25, 0.3) is 5.76 Å². The first kappa shape index (κ1) is 28.6. The van der Waals surface area contributed by atoms with Crippen LogP contribution < -0.4 is 9.64 Å². The van der Waals surface area contributed by atoms with E-state index in [2.05, 4.69) is 4.98 Å². The van der Waals surface area contributed by atoms with Crippen LogP contribution >= 0.6 is 11.3 Å². The zero-order chi connectivity index (χ0) is 30.0. The minimum Gasteiger partial charge on any atom is -0.508 e. The summed E-state index contributed by atoms with van der Waals surface area (Å²) in [4.78, 5) is 45.1. The lowest BCUT2D eigenvalue weighted by Crippen LogP contribution is -2.29. The summed E-state index contributed by atoms with van der Waals surface area (Å²) < 4.78 is 11.0. The maximum absolute atomic E-state index is 13.4. The van der Waals surface area contributed by atoms with Crippen LogP contribution in [0.1, 0.15) is 50.6 Å². The van der Waals surface area contributed by atoms with Gasteiger partial charge in [-0.3, -0.25) is 14.5 Å². The van der Waals surface area contributed by atoms with Gasteiger partial charge < -0.3 is 19.7 Å². The lowest BCUT2D eigenvalue weighted by Gasteiger charge is -2.23. The van der Waals surface area contributed by atoms with Gasteiger partial charge in [-0.25, -0.2) is 9.78 Å². The molecule has 0 saturated carbocycles. The first-order valence-electron chi connectivity index (χ1n) is 13.2. The second-order valence-electron chi connectivity index (χ2n) is 9.64. The summed E-state index contributed by atoms with van der Waals surface area (Å²) in [5, 5.41) is 21.7. The molecule has 9 nitrogen and oxygen atoms in total. The summed E-state index contributed by atoms with van der Waals surface area (Å²) in [6.07, 6.45) is 0. The monoisotopic (exact) mass is 584 g/mol. The van der Waals surface area contributed by atoms with Crippen molar-refractivity contribution in [3.63, 3.8) is 0 Å². The van der Waals surface area contributed by atoms with Gasteiger partial charge in [-0.2, -0.15) is 0 Å². The summed E-state index contributed by atoms with van der Waals surface area (Å²) in [6, 6.07) is 19.4. The molecule has 0 radical (unpaired) electrons. The number of Topliss-reactive ketones (excluding diaryl/α,β-unsaturated/α-hetero) is 1. The second-order valence-corrected chi connectivity index (χ2v) is 10.6. The molecule has 1 atom stereocenters. The highest BCUT2D eigenvalue weighted by Gasteiger charge is 2.48. The van der Waals surface area contributed by atoms with Crippen molar-refractivity contribution in [3.05, 3.63) is 111 Å². The molecule has 2 heterocycles. The molecular formula is C32H28N2O7S. The number of benzene rings is 3. The standard InChI is InChI=1S/C32H28N2O7S/c1-4-40-31(39)29-19(3)33-32(42-29)34-26(21-10-7-11-23(35)16-21)25(28(37)30(34)38)27(36)20-12-14-24(15-13-20)41-17-22-9-6-5-8-18(22)2/h5-16,26,35-36H,4,17H2,1-3H3/b27-25+. The molecule has 0 spiro atoms. The molecule has 0 aliphatic carbocycles. The van der Waals surface area contributed by atoms with Gasteiger partial charge in [0, 0.05) is 5.56 Å². The zero-order valence-corrected chi connectivity index (χ0v) is 24.0. The quantitative estimate of drug-likeness (QED) is 0.114. The predicted octanol–water partition coefficient (Wildman–Crippen LogP) is 5.85. The number of aliphatic hydroxyl groups excluding tert-OH is 1. The van der Waals surface area contributed by atoms with E-state index in [9.17, 15) is 24.6 Å². The minimum atomic E-state index is -1.12. The van der Waals surface area contributed by atoms with Crippen LogP contribution in [-0.4, -0.2) is 39.5 Å². The van der Waals surface area contributed by atoms with E-state index in [1.165, 1.54) is 12.1 Å². The molecule has 3 aromatic carbocycles. The Morgan fingerprint density at radius 2 is 1.76 bits per heavy atom. The van der Waals surface area contributed by atoms with Crippen molar-refractivity contribution in [2.24, 2.45) is 0 Å². The van der Waals surface area contributed by atoms with Gasteiger partial charge in [0.1, 0.15) is 28.7 Å². The smallest absolute Gasteiger partial charge is 0.350 e. The van der Waals surface area contributed by atoms with E-state index < -0.39 is 29.5 Å². The van der Waals surface area contributed by atoms with E-state index in [1.54, 1.807) is 50.2 Å². The Balaban J connectivity index is 1.53. The number of phenolic OH excluding ortho intramolecular Hbond substituents is 1. The number of hydrogen-bond acceptors (Lipinski definition) is 9. The number of carbonyl (C=O) groups is 3. The van der Waals surface area contributed by atoms with Crippen LogP contribution in [-0.2, 0) is 20.9 Å². The van der Waals surface area contributed by atoms with Gasteiger partial charge in [-0.1, -0.05) is 47.7 Å². The Bertz CT molecular complexity index is 1710. The maximum Gasteiger partial charge on any atom is 0.350 e. The van der Waals surface area contributed by atoms with Crippen LogP contribution in [0.2, 0.25) is 0 Å². The Kier molecular flexibility index (Phi) is 8.08. The van der Waals surface area contributed by atoms with Gasteiger partial charge in [0.15, 0.2) is 5.13 Å². The summed E-state index contributed by atoms with van der Waals surface area (Å²) >= 11 is 0.913. The number of phenols is 1. The number of thiazole rings is 1. The SMILES string of the molecule is CCOC(=O)c1sc(N2C(=O)C(=O)/C(=C(/O)c3ccc(OCc4ccccc4C)cc3)C2c2cccc(O)c2)nc1C. The molecule has 214 valence electrons. The number of nitrogens with zero attached hydrogens (tertiary/aromatic N) is 2. The average molecular weight is 585 g/mol. The highest BCUT2D eigenvalue weighted by atomic mass is 32.1. The van der Waals surface area contributed by atoms with Crippen molar-refractivity contribution in [1.29, 1.82) is 0 Å². The van der Waals surface area contributed by atoms with E-state index in [-0.39, 0.29) is 27.9 Å². The number of aryl methyl sites for hydroxylation is 2. The van der Waals surface area contributed by atoms with Gasteiger partial charge in [0.25, 0.3) is 5.78 Å². The van der Waals surface area contributed by atoms with Crippen molar-refractivity contribution in [2.45, 2.75) is 33.4 Å². The van der Waals surface area contributed by atoms with E-state index in [0.717, 1.165) is 27.4 Å². The molecule has 5 rings (SSSR count). The van der Waals surface area contributed by atoms with Crippen molar-refractivity contribution in [1.82, 2.24) is 4.98 Å². The van der Waals surface area contributed by atoms with Crippen molar-refractivity contribution in [2.75, 3.05) is 11.5 Å². The number of anilines is 1. The summed E-state index contributed by atoms with van der Waals surface area (Å²) in [7, 11) is 0. The molecule has 1 saturated heterocycles. The first-order valence-corrected chi connectivity index (χ1v) is 14.0. The van der Waals surface area contributed by atoms with Crippen LogP contribution in [0.3, 0.4) is 0 Å². The number of amides is 1. The molecule has 0 bridgehead atoms. The number of aromatic nitrogens is 1. The first-order chi connectivity index (χ1) is 20.2. The van der Waals surface area contributed by atoms with Gasteiger partial charge in [0.2, 0.25) is 0 Å². The van der Waals surface area contributed by atoms with E-state index >= 15 is 0 Å². The fourth-order valence-electron chi connectivity index (χ4n) is 4.71. The molecular weight excluding hydrogens is 556 g/mol. The highest BCUT2D eigenvalue weighted by molar-refractivity contribution is 7.17. The van der Waals surface area contributed by atoms with E-state index in [1.807, 2.05) is 31.2 Å². The number of ether oxygens (including phenoxy) is 2. The molecule has 2 N–H and O–H groups in total. The lowest BCUT2D eigenvalue weighted by atomic mass is 9.95. The van der Waals surface area contributed by atoms with Crippen molar-refractivity contribution < 1.29 is 34.1 Å². The van der Waals surface area contributed by atoms with Crippen LogP contribution in [0.15, 0.2) is 78.4 Å². The topological polar surface area (TPSA) is 126 Å². The molecule has 1 amide bonds. The number of rotatable bonds is 8. The second kappa shape index (κ2) is 11.9. The number of hydrogen-bond donors (Lipinski definition) is 2. The fraction of sp³-hybridized carbons (Fsp3) is 0.188. The predicted molar refractivity (Wildman–Crippen MR) is 158 cm³/mol. The number of aromatic hydroxyl groups is 1. The molecule has 10 heteroatoms. The number of carbonyl (C=O) groups excluding carboxylic acids is 3. The third kappa shape index (κ3) is 5.48. The Morgan fingerprint density at radius 1 is 1.02 bits per heavy atom. The summed E-state index contributed by atoms with van der Waals surface area (Å²) in [5.74, 6) is -2.36. The molecule has 4 aromatic rings. The normalized spacial score (nSPS) is 16.1. The molecule has 1 aliphatic rings. The van der Waals surface area contributed by atoms with Gasteiger partial charge >= 0.3 is 11.9 Å². The highest BCUT2D eigenvalue weighted by Crippen LogP contribution is 2.44. The molecule has 42 heavy (non-hydrogen) atoms. The maximum atomic E-state index is 13.4. The Hall–Kier alpha value is -4.96. The Morgan fingerprint density at radius 3 is 2.45 bits per heavy atom. The summed E-state index contributed by atoms with van der Waals surface area (Å²) in [6.45, 7) is 5.81. The molecule has 1 unspecified atom stereocenters. The molecule has 1 aromatic heterocycles. The Labute approximate surface area is 246 Å². The largest absolute Gasteiger partial charge is 0.508 e. The van der Waals surface area contributed by atoms with Crippen LogP contribution in [0.4, 0.5) is 5.13 Å².